The van der Waals surface area contributed by atoms with Gasteiger partial charge in [0.05, 0.1) is 14.2 Å². The molecule has 0 spiro atoms. The summed E-state index contributed by atoms with van der Waals surface area (Å²) in [6, 6.07) is 10.6. The minimum atomic E-state index is -6.38. The molecule has 0 amide bonds. The lowest BCUT2D eigenvalue weighted by Gasteiger charge is -2.19. The molecular formula is C16H15F3O7S2. The van der Waals surface area contributed by atoms with Gasteiger partial charge < -0.3 is 9.47 Å². The molecule has 2 rings (SSSR count). The van der Waals surface area contributed by atoms with Crippen molar-refractivity contribution in [2.24, 2.45) is 0 Å². The van der Waals surface area contributed by atoms with Crippen molar-refractivity contribution in [1.29, 1.82) is 0 Å². The summed E-state index contributed by atoms with van der Waals surface area (Å²) in [7, 11) is -8.94. The Morgan fingerprint density at radius 3 is 1.39 bits per heavy atom. The molecule has 0 aromatic heterocycles. The number of halogens is 3. The molecule has 12 heteroatoms. The van der Waals surface area contributed by atoms with Crippen LogP contribution < -0.4 is 9.47 Å². The van der Waals surface area contributed by atoms with Gasteiger partial charge in [-0.05, 0) is 35.4 Å². The van der Waals surface area contributed by atoms with Gasteiger partial charge in [0, 0.05) is 0 Å². The first-order valence-corrected chi connectivity index (χ1v) is 10.3. The fraction of sp³-hybridized carbons (Fsp3) is 0.250. The quantitative estimate of drug-likeness (QED) is 0.611. The second kappa shape index (κ2) is 7.97. The monoisotopic (exact) mass is 440 g/mol. The van der Waals surface area contributed by atoms with Gasteiger partial charge in [-0.3, -0.25) is 0 Å². The van der Waals surface area contributed by atoms with Crippen LogP contribution in [-0.2, 0) is 23.9 Å². The summed E-state index contributed by atoms with van der Waals surface area (Å²) in [5.74, 6) is 0.719. The molecule has 0 saturated carbocycles. The zero-order chi connectivity index (χ0) is 21.2. The molecule has 0 aliphatic heterocycles. The number of hydrogen-bond acceptors (Lipinski definition) is 7. The van der Waals surface area contributed by atoms with E-state index < -0.39 is 31.0 Å². The average Bonchev–Trinajstić information content (AvgIpc) is 2.61. The predicted molar refractivity (Wildman–Crippen MR) is 92.8 cm³/mol. The van der Waals surface area contributed by atoms with E-state index in [4.69, 9.17) is 9.47 Å². The number of methoxy groups -OCH3 is 2. The maximum Gasteiger partial charge on any atom is 0.524 e. The highest BCUT2D eigenvalue weighted by molar-refractivity contribution is 8.00. The lowest BCUT2D eigenvalue weighted by molar-refractivity contribution is -0.0498. The van der Waals surface area contributed by atoms with E-state index in [-0.39, 0.29) is 11.1 Å². The van der Waals surface area contributed by atoms with Crippen LogP contribution in [0.15, 0.2) is 48.5 Å². The van der Waals surface area contributed by atoms with Crippen molar-refractivity contribution >= 4 is 20.2 Å². The molecule has 0 radical (unpaired) electrons. The molecule has 0 aliphatic carbocycles. The van der Waals surface area contributed by atoms with Gasteiger partial charge in [-0.1, -0.05) is 24.3 Å². The summed E-state index contributed by atoms with van der Waals surface area (Å²) in [5.41, 5.74) is -5.95. The second-order valence-corrected chi connectivity index (χ2v) is 8.76. The third-order valence-electron chi connectivity index (χ3n) is 3.59. The third-order valence-corrected chi connectivity index (χ3v) is 6.76. The number of benzene rings is 2. The van der Waals surface area contributed by atoms with Gasteiger partial charge in [0.25, 0.3) is 10.1 Å². The molecule has 0 heterocycles. The van der Waals surface area contributed by atoms with Crippen LogP contribution >= 0.6 is 0 Å². The molecule has 2 aromatic carbocycles. The summed E-state index contributed by atoms with van der Waals surface area (Å²) in [6.07, 6.45) is 0. The summed E-state index contributed by atoms with van der Waals surface area (Å²) < 4.78 is 99.0. The standard InChI is InChI=1S/C16H15F3O7S2/c1-24-13-7-3-11(4-8-13)15(12-5-9-14(25-2)10-6-12)27(20,21)26-28(22,23)16(17,18)19/h3-10,15H,1-2H3. The number of hydrogen-bond donors (Lipinski definition) is 0. The summed E-state index contributed by atoms with van der Waals surface area (Å²) in [5, 5.41) is -1.85. The molecule has 0 atom stereocenters. The Hall–Kier alpha value is -2.31. The normalized spacial score (nSPS) is 12.8. The fourth-order valence-corrected chi connectivity index (χ4v) is 4.89. The Morgan fingerprint density at radius 1 is 0.750 bits per heavy atom. The highest BCUT2D eigenvalue weighted by atomic mass is 32.3. The third kappa shape index (κ3) is 4.75. The zero-order valence-corrected chi connectivity index (χ0v) is 16.1. The van der Waals surface area contributed by atoms with Crippen LogP contribution in [0.2, 0.25) is 0 Å². The van der Waals surface area contributed by atoms with Crippen molar-refractivity contribution in [3.8, 4) is 11.5 Å². The van der Waals surface area contributed by atoms with Crippen LogP contribution in [0.25, 0.3) is 0 Å². The summed E-state index contributed by atoms with van der Waals surface area (Å²) >= 11 is 0. The zero-order valence-electron chi connectivity index (χ0n) is 14.5. The highest BCUT2D eigenvalue weighted by Crippen LogP contribution is 2.36. The van der Waals surface area contributed by atoms with Crippen molar-refractivity contribution in [2.45, 2.75) is 10.8 Å². The van der Waals surface area contributed by atoms with E-state index in [0.717, 1.165) is 0 Å². The van der Waals surface area contributed by atoms with Gasteiger partial charge >= 0.3 is 15.6 Å². The highest BCUT2D eigenvalue weighted by Gasteiger charge is 2.51. The van der Waals surface area contributed by atoms with Gasteiger partial charge in [-0.15, -0.1) is 3.63 Å². The van der Waals surface area contributed by atoms with Crippen molar-refractivity contribution < 1.29 is 43.1 Å². The van der Waals surface area contributed by atoms with E-state index >= 15 is 0 Å². The minimum absolute atomic E-state index is 0.0247. The van der Waals surface area contributed by atoms with E-state index in [1.165, 1.54) is 62.8 Å². The van der Waals surface area contributed by atoms with Gasteiger partial charge in [0.2, 0.25) is 0 Å². The first kappa shape index (κ1) is 22.0. The fourth-order valence-electron chi connectivity index (χ4n) is 2.29. The average molecular weight is 440 g/mol. The number of ether oxygens (including phenoxy) is 2. The molecule has 0 N–H and O–H groups in total. The molecule has 2 aromatic rings. The van der Waals surface area contributed by atoms with Crippen LogP contribution in [-0.4, -0.2) is 36.6 Å². The van der Waals surface area contributed by atoms with Crippen LogP contribution in [0, 0.1) is 0 Å². The molecule has 0 unspecified atom stereocenters. The largest absolute Gasteiger partial charge is 0.524 e. The van der Waals surface area contributed by atoms with Crippen LogP contribution in [0.4, 0.5) is 13.2 Å². The van der Waals surface area contributed by atoms with Gasteiger partial charge in [-0.2, -0.15) is 30.0 Å². The van der Waals surface area contributed by atoms with E-state index in [1.54, 1.807) is 0 Å². The predicted octanol–water partition coefficient (Wildman–Crippen LogP) is 2.99. The van der Waals surface area contributed by atoms with Crippen LogP contribution in [0.5, 0.6) is 11.5 Å². The SMILES string of the molecule is COc1ccc(C(c2ccc(OC)cc2)S(=O)(=O)OS(=O)(=O)C(F)(F)F)cc1. The minimum Gasteiger partial charge on any atom is -0.497 e. The molecule has 7 nitrogen and oxygen atoms in total. The van der Waals surface area contributed by atoms with Crippen LogP contribution in [0.3, 0.4) is 0 Å². The Balaban J connectivity index is 2.59. The number of rotatable bonds is 7. The van der Waals surface area contributed by atoms with Crippen LogP contribution in [0.1, 0.15) is 16.4 Å². The van der Waals surface area contributed by atoms with Crippen molar-refractivity contribution in [1.82, 2.24) is 0 Å². The Kier molecular flexibility index (Phi) is 6.26. The topological polar surface area (TPSA) is 96.0 Å². The maximum absolute atomic E-state index is 12.6. The Labute approximate surface area is 159 Å². The first-order valence-electron chi connectivity index (χ1n) is 7.45. The molecule has 28 heavy (non-hydrogen) atoms. The van der Waals surface area contributed by atoms with Crippen molar-refractivity contribution in [3.05, 3.63) is 59.7 Å². The molecule has 0 fully saturated rings. The molecule has 0 saturated heterocycles. The summed E-state index contributed by atoms with van der Waals surface area (Å²) in [4.78, 5) is 0. The van der Waals surface area contributed by atoms with E-state index in [1.807, 2.05) is 0 Å². The van der Waals surface area contributed by atoms with Gasteiger partial charge in [-0.25, -0.2) is 0 Å². The van der Waals surface area contributed by atoms with Crippen molar-refractivity contribution in [3.63, 3.8) is 0 Å². The van der Waals surface area contributed by atoms with Gasteiger partial charge in [0.1, 0.15) is 16.7 Å². The van der Waals surface area contributed by atoms with E-state index in [0.29, 0.717) is 11.5 Å². The smallest absolute Gasteiger partial charge is 0.497 e. The van der Waals surface area contributed by atoms with E-state index in [2.05, 4.69) is 3.63 Å². The first-order chi connectivity index (χ1) is 12.9. The summed E-state index contributed by atoms with van der Waals surface area (Å²) in [6.45, 7) is 0. The molecule has 0 aliphatic rings. The lowest BCUT2D eigenvalue weighted by atomic mass is 10.0. The van der Waals surface area contributed by atoms with Crippen molar-refractivity contribution in [2.75, 3.05) is 14.2 Å². The second-order valence-electron chi connectivity index (χ2n) is 5.39. The Morgan fingerprint density at radius 2 is 1.11 bits per heavy atom. The lowest BCUT2D eigenvalue weighted by Crippen LogP contribution is -2.30. The molecule has 0 bridgehead atoms. The maximum atomic E-state index is 12.6. The number of alkyl halides is 3. The van der Waals surface area contributed by atoms with Gasteiger partial charge in [0.15, 0.2) is 0 Å². The Bertz CT molecular complexity index is 966. The van der Waals surface area contributed by atoms with E-state index in [9.17, 15) is 30.0 Å². The molecular weight excluding hydrogens is 425 g/mol. The molecule has 154 valence electrons.